The zero-order valence-corrected chi connectivity index (χ0v) is 19.9. The molecule has 2 aromatic rings. The fourth-order valence-electron chi connectivity index (χ4n) is 4.34. The third-order valence-electron chi connectivity index (χ3n) is 5.54. The van der Waals surface area contributed by atoms with Crippen LogP contribution in [0.5, 0.6) is 0 Å². The molecule has 1 saturated heterocycles. The predicted octanol–water partition coefficient (Wildman–Crippen LogP) is 5.26. The fourth-order valence-corrected chi connectivity index (χ4v) is 6.52. The number of sulfonamides is 1. The van der Waals surface area contributed by atoms with Crippen molar-refractivity contribution in [3.05, 3.63) is 76.5 Å². The first-order chi connectivity index (χ1) is 15.3. The third-order valence-corrected chi connectivity index (χ3v) is 7.98. The first kappa shape index (κ1) is 25.6. The van der Waals surface area contributed by atoms with E-state index in [4.69, 9.17) is 11.6 Å². The van der Waals surface area contributed by atoms with Crippen molar-refractivity contribution in [3.63, 3.8) is 0 Å². The van der Waals surface area contributed by atoms with Crippen molar-refractivity contribution in [3.8, 4) is 0 Å². The molecule has 180 valence electrons. The Labute approximate surface area is 197 Å². The van der Waals surface area contributed by atoms with Gasteiger partial charge in [0.05, 0.1) is 21.2 Å². The van der Waals surface area contributed by atoms with Crippen molar-refractivity contribution >= 4 is 21.6 Å². The van der Waals surface area contributed by atoms with E-state index in [1.807, 2.05) is 4.90 Å². The number of aliphatic hydroxyl groups excluding tert-OH is 1. The summed E-state index contributed by atoms with van der Waals surface area (Å²) in [6.07, 6.45) is -4.35. The molecule has 0 spiro atoms. The molecule has 1 heterocycles. The second-order valence-corrected chi connectivity index (χ2v) is 10.7. The second-order valence-electron chi connectivity index (χ2n) is 8.43. The first-order valence-electron chi connectivity index (χ1n) is 10.4. The standard InChI is InChI=1S/C23H26ClF3N2O3S/c1-15-12-28(14-19-7-8-21(22(24)11-19)23(25,26)27)13-16(2)29(15)33(31,32)20-6-4-5-18(10-20)9-17(3)30/h4-8,10-11,15-16,30H,3,9,12-14H2,1-2H3/t15-,16+. The van der Waals surface area contributed by atoms with E-state index in [-0.39, 0.29) is 34.2 Å². The molecule has 2 aromatic carbocycles. The Morgan fingerprint density at radius 1 is 1.12 bits per heavy atom. The van der Waals surface area contributed by atoms with Gasteiger partial charge in [-0.2, -0.15) is 17.5 Å². The topological polar surface area (TPSA) is 60.9 Å². The molecule has 1 aliphatic heterocycles. The summed E-state index contributed by atoms with van der Waals surface area (Å²) < 4.78 is 67.1. The average molecular weight is 503 g/mol. The van der Waals surface area contributed by atoms with E-state index < -0.39 is 21.8 Å². The van der Waals surface area contributed by atoms with E-state index >= 15 is 0 Å². The van der Waals surface area contributed by atoms with Crippen LogP contribution in [0.4, 0.5) is 13.2 Å². The summed E-state index contributed by atoms with van der Waals surface area (Å²) in [5.74, 6) is -0.0525. The van der Waals surface area contributed by atoms with Gasteiger partial charge in [0.25, 0.3) is 0 Å². The maximum Gasteiger partial charge on any atom is 0.417 e. The Kier molecular flexibility index (Phi) is 7.48. The monoisotopic (exact) mass is 502 g/mol. The molecule has 0 unspecified atom stereocenters. The van der Waals surface area contributed by atoms with E-state index in [0.717, 1.165) is 6.07 Å². The lowest BCUT2D eigenvalue weighted by molar-refractivity contribution is -0.137. The Bertz CT molecular complexity index is 1130. The Morgan fingerprint density at radius 3 is 2.30 bits per heavy atom. The lowest BCUT2D eigenvalue weighted by Gasteiger charge is -2.43. The molecule has 10 heteroatoms. The molecule has 0 saturated carbocycles. The molecule has 5 nitrogen and oxygen atoms in total. The molecule has 0 radical (unpaired) electrons. The number of rotatable bonds is 6. The van der Waals surface area contributed by atoms with Crippen molar-refractivity contribution in [2.45, 2.75) is 50.0 Å². The summed E-state index contributed by atoms with van der Waals surface area (Å²) in [4.78, 5) is 2.15. The van der Waals surface area contributed by atoms with Crippen LogP contribution in [0, 0.1) is 0 Å². The summed E-state index contributed by atoms with van der Waals surface area (Å²) in [5.41, 5.74) is 0.389. The normalized spacial score (nSPS) is 20.7. The second kappa shape index (κ2) is 9.66. The average Bonchev–Trinajstić information content (AvgIpc) is 2.66. The van der Waals surface area contributed by atoms with Gasteiger partial charge in [0.15, 0.2) is 0 Å². The number of allylic oxidation sites excluding steroid dienone is 1. The molecule has 1 aliphatic rings. The van der Waals surface area contributed by atoms with Gasteiger partial charge in [-0.3, -0.25) is 4.90 Å². The van der Waals surface area contributed by atoms with Crippen LogP contribution < -0.4 is 0 Å². The van der Waals surface area contributed by atoms with Crippen LogP contribution in [0.25, 0.3) is 0 Å². The van der Waals surface area contributed by atoms with Crippen LogP contribution in [-0.4, -0.2) is 47.9 Å². The Balaban J connectivity index is 1.76. The number of benzene rings is 2. The summed E-state index contributed by atoms with van der Waals surface area (Å²) in [5, 5.41) is 9.08. The van der Waals surface area contributed by atoms with Gasteiger partial charge in [-0.25, -0.2) is 8.42 Å². The van der Waals surface area contributed by atoms with E-state index in [2.05, 4.69) is 6.58 Å². The molecule has 0 bridgehead atoms. The fraction of sp³-hybridized carbons (Fsp3) is 0.391. The van der Waals surface area contributed by atoms with Gasteiger partial charge in [-0.1, -0.05) is 36.4 Å². The van der Waals surface area contributed by atoms with Crippen LogP contribution in [-0.2, 0) is 29.2 Å². The zero-order chi connectivity index (χ0) is 24.6. The quantitative estimate of drug-likeness (QED) is 0.548. The van der Waals surface area contributed by atoms with Gasteiger partial charge >= 0.3 is 6.18 Å². The van der Waals surface area contributed by atoms with Crippen molar-refractivity contribution in [2.24, 2.45) is 0 Å². The van der Waals surface area contributed by atoms with Crippen LogP contribution >= 0.6 is 11.6 Å². The molecule has 2 atom stereocenters. The first-order valence-corrected chi connectivity index (χ1v) is 12.2. The summed E-state index contributed by atoms with van der Waals surface area (Å²) >= 11 is 5.84. The number of nitrogens with zero attached hydrogens (tertiary/aromatic N) is 2. The van der Waals surface area contributed by atoms with E-state index in [1.165, 1.54) is 28.6 Å². The van der Waals surface area contributed by atoms with Crippen molar-refractivity contribution in [1.29, 1.82) is 0 Å². The maximum atomic E-state index is 13.4. The van der Waals surface area contributed by atoms with Gasteiger partial charge < -0.3 is 5.11 Å². The molecule has 0 aromatic heterocycles. The largest absolute Gasteiger partial charge is 0.513 e. The lowest BCUT2D eigenvalue weighted by atomic mass is 10.1. The minimum Gasteiger partial charge on any atom is -0.513 e. The molecule has 0 amide bonds. The molecule has 33 heavy (non-hydrogen) atoms. The molecule has 3 rings (SSSR count). The lowest BCUT2D eigenvalue weighted by Crippen LogP contribution is -2.58. The number of piperazine rings is 1. The summed E-state index contributed by atoms with van der Waals surface area (Å²) in [6.45, 7) is 8.24. The van der Waals surface area contributed by atoms with Gasteiger partial charge in [-0.05, 0) is 49.2 Å². The smallest absolute Gasteiger partial charge is 0.417 e. The third kappa shape index (κ3) is 5.90. The van der Waals surface area contributed by atoms with Crippen molar-refractivity contribution in [1.82, 2.24) is 9.21 Å². The van der Waals surface area contributed by atoms with E-state index in [9.17, 15) is 26.7 Å². The number of alkyl halides is 3. The minimum atomic E-state index is -4.51. The van der Waals surface area contributed by atoms with Gasteiger partial charge in [0.1, 0.15) is 0 Å². The Morgan fingerprint density at radius 2 is 1.76 bits per heavy atom. The van der Waals surface area contributed by atoms with Crippen molar-refractivity contribution < 1.29 is 26.7 Å². The molecule has 0 aliphatic carbocycles. The zero-order valence-electron chi connectivity index (χ0n) is 18.3. The Hall–Kier alpha value is -2.07. The van der Waals surface area contributed by atoms with Crippen LogP contribution in [0.3, 0.4) is 0 Å². The van der Waals surface area contributed by atoms with Crippen LogP contribution in [0.15, 0.2) is 59.7 Å². The highest BCUT2D eigenvalue weighted by Crippen LogP contribution is 2.35. The number of hydrogen-bond acceptors (Lipinski definition) is 4. The molecular formula is C23H26ClF3N2O3S. The molecule has 1 N–H and O–H groups in total. The number of halogens is 4. The summed E-state index contributed by atoms with van der Waals surface area (Å²) in [6, 6.07) is 9.36. The van der Waals surface area contributed by atoms with Crippen molar-refractivity contribution in [2.75, 3.05) is 13.1 Å². The van der Waals surface area contributed by atoms with Gasteiger partial charge in [0, 0.05) is 38.1 Å². The van der Waals surface area contributed by atoms with Gasteiger partial charge in [-0.15, -0.1) is 0 Å². The molecule has 1 fully saturated rings. The molecular weight excluding hydrogens is 477 g/mol. The van der Waals surface area contributed by atoms with Gasteiger partial charge in [0.2, 0.25) is 10.0 Å². The van der Waals surface area contributed by atoms with E-state index in [1.54, 1.807) is 26.0 Å². The predicted molar refractivity (Wildman–Crippen MR) is 122 cm³/mol. The van der Waals surface area contributed by atoms with E-state index in [0.29, 0.717) is 30.8 Å². The number of hydrogen-bond donors (Lipinski definition) is 1. The maximum absolute atomic E-state index is 13.4. The van der Waals surface area contributed by atoms with Crippen LogP contribution in [0.1, 0.15) is 30.5 Å². The van der Waals surface area contributed by atoms with Crippen LogP contribution in [0.2, 0.25) is 5.02 Å². The highest BCUT2D eigenvalue weighted by atomic mass is 35.5. The summed E-state index contributed by atoms with van der Waals surface area (Å²) in [7, 11) is -3.79. The highest BCUT2D eigenvalue weighted by Gasteiger charge is 2.39. The highest BCUT2D eigenvalue weighted by molar-refractivity contribution is 7.89. The number of aliphatic hydroxyl groups is 1. The minimum absolute atomic E-state index is 0.0525. The SMILES string of the molecule is C=C(O)Cc1cccc(S(=O)(=O)N2[C@H](C)CN(Cc3ccc(C(F)(F)F)c(Cl)c3)C[C@@H]2C)c1.